The van der Waals surface area contributed by atoms with Gasteiger partial charge in [-0.3, -0.25) is 0 Å². The monoisotopic (exact) mass is 264 g/mol. The second kappa shape index (κ2) is 4.63. The highest BCUT2D eigenvalue weighted by molar-refractivity contribution is 5.48. The van der Waals surface area contributed by atoms with E-state index < -0.39 is 0 Å². The molecule has 1 fully saturated rings. The average Bonchev–Trinajstić information content (AvgIpc) is 2.24. The van der Waals surface area contributed by atoms with Crippen LogP contribution in [0.2, 0.25) is 0 Å². The van der Waals surface area contributed by atoms with Crippen LogP contribution in [0.3, 0.4) is 0 Å². The fourth-order valence-corrected chi connectivity index (χ4v) is 2.77. The predicted octanol–water partition coefficient (Wildman–Crippen LogP) is 2.01. The number of morpholine rings is 1. The Kier molecular flexibility index (Phi) is 3.43. The average molecular weight is 264 g/mol. The van der Waals surface area contributed by atoms with Crippen LogP contribution in [-0.2, 0) is 11.2 Å². The smallest absolute Gasteiger partial charge is 0.134 e. The molecule has 5 heteroatoms. The van der Waals surface area contributed by atoms with Gasteiger partial charge in [0, 0.05) is 25.6 Å². The van der Waals surface area contributed by atoms with Gasteiger partial charge in [-0.15, -0.1) is 0 Å². The number of nitrogens with two attached hydrogens (primary N) is 1. The van der Waals surface area contributed by atoms with Crippen molar-refractivity contribution in [3.05, 3.63) is 11.9 Å². The minimum Gasteiger partial charge on any atom is -0.384 e. The minimum absolute atomic E-state index is 0.201. The first-order valence-electron chi connectivity index (χ1n) is 6.79. The van der Waals surface area contributed by atoms with Crippen molar-refractivity contribution in [2.24, 2.45) is 0 Å². The van der Waals surface area contributed by atoms with E-state index in [9.17, 15) is 0 Å². The predicted molar refractivity (Wildman–Crippen MR) is 77.3 cm³/mol. The van der Waals surface area contributed by atoms with Gasteiger partial charge in [-0.05, 0) is 27.7 Å². The number of hydrogen-bond acceptors (Lipinski definition) is 5. The Morgan fingerprint density at radius 2 is 1.79 bits per heavy atom. The summed E-state index contributed by atoms with van der Waals surface area (Å²) in [6.45, 7) is 12.1. The molecule has 5 nitrogen and oxygen atoms in total. The van der Waals surface area contributed by atoms with E-state index in [1.54, 1.807) is 0 Å². The van der Waals surface area contributed by atoms with Crippen molar-refractivity contribution in [2.75, 3.05) is 23.7 Å². The van der Waals surface area contributed by atoms with Gasteiger partial charge in [-0.25, -0.2) is 9.97 Å². The van der Waals surface area contributed by atoms with Gasteiger partial charge in [0.15, 0.2) is 0 Å². The molecule has 1 aliphatic heterocycles. The molecule has 1 aromatic heterocycles. The summed E-state index contributed by atoms with van der Waals surface area (Å²) >= 11 is 0. The standard InChI is InChI=1S/C14H24N4O/c1-6-11-16-10(15)7-12(17-11)18-8-13(2,3)19-14(4,5)9-18/h7H,6,8-9H2,1-5H3,(H2,15,16,17). The Hall–Kier alpha value is -1.36. The molecule has 0 bridgehead atoms. The van der Waals surface area contributed by atoms with Crippen molar-refractivity contribution in [3.8, 4) is 0 Å². The lowest BCUT2D eigenvalue weighted by molar-refractivity contribution is -0.133. The number of hydrogen-bond donors (Lipinski definition) is 1. The third kappa shape index (κ3) is 3.35. The van der Waals surface area contributed by atoms with Crippen molar-refractivity contribution in [2.45, 2.75) is 52.2 Å². The second-order valence-corrected chi connectivity index (χ2v) is 6.40. The number of ether oxygens (including phenoxy) is 1. The normalized spacial score (nSPS) is 21.4. The second-order valence-electron chi connectivity index (χ2n) is 6.40. The maximum Gasteiger partial charge on any atom is 0.134 e. The summed E-state index contributed by atoms with van der Waals surface area (Å²) in [7, 11) is 0. The van der Waals surface area contributed by atoms with Gasteiger partial charge < -0.3 is 15.4 Å². The minimum atomic E-state index is -0.201. The Bertz CT molecular complexity index is 455. The molecule has 2 rings (SSSR count). The van der Waals surface area contributed by atoms with Crippen LogP contribution in [0.5, 0.6) is 0 Å². The Morgan fingerprint density at radius 3 is 2.32 bits per heavy atom. The fourth-order valence-electron chi connectivity index (χ4n) is 2.77. The molecule has 1 aromatic rings. The van der Waals surface area contributed by atoms with Crippen LogP contribution in [0.1, 0.15) is 40.4 Å². The quantitative estimate of drug-likeness (QED) is 0.885. The summed E-state index contributed by atoms with van der Waals surface area (Å²) in [4.78, 5) is 11.1. The summed E-state index contributed by atoms with van der Waals surface area (Å²) in [5.41, 5.74) is 5.47. The zero-order valence-corrected chi connectivity index (χ0v) is 12.5. The van der Waals surface area contributed by atoms with Crippen molar-refractivity contribution in [1.29, 1.82) is 0 Å². The molecule has 0 radical (unpaired) electrons. The molecular formula is C14H24N4O. The van der Waals surface area contributed by atoms with Gasteiger partial charge >= 0.3 is 0 Å². The number of anilines is 2. The zero-order chi connectivity index (χ0) is 14.3. The molecule has 1 aliphatic rings. The van der Waals surface area contributed by atoms with E-state index in [4.69, 9.17) is 10.5 Å². The molecule has 0 unspecified atom stereocenters. The maximum absolute atomic E-state index is 6.08. The molecule has 0 saturated carbocycles. The molecule has 0 aliphatic carbocycles. The lowest BCUT2D eigenvalue weighted by atomic mass is 9.99. The van der Waals surface area contributed by atoms with Crippen molar-refractivity contribution >= 4 is 11.6 Å². The van der Waals surface area contributed by atoms with Crippen LogP contribution in [0.15, 0.2) is 6.07 Å². The first kappa shape index (κ1) is 14.1. The summed E-state index contributed by atoms with van der Waals surface area (Å²) in [5.74, 6) is 2.22. The Labute approximate surface area is 115 Å². The maximum atomic E-state index is 6.08. The van der Waals surface area contributed by atoms with E-state index in [1.807, 2.05) is 13.0 Å². The SMILES string of the molecule is CCc1nc(N)cc(N2CC(C)(C)OC(C)(C)C2)n1. The third-order valence-corrected chi connectivity index (χ3v) is 3.11. The van der Waals surface area contributed by atoms with E-state index in [1.165, 1.54) is 0 Å². The van der Waals surface area contributed by atoms with Crippen LogP contribution in [0, 0.1) is 0 Å². The van der Waals surface area contributed by atoms with Crippen LogP contribution in [-0.4, -0.2) is 34.3 Å². The summed E-state index contributed by atoms with van der Waals surface area (Å²) in [6, 6.07) is 1.84. The largest absolute Gasteiger partial charge is 0.384 e. The topological polar surface area (TPSA) is 64.3 Å². The van der Waals surface area contributed by atoms with Gasteiger partial charge in [0.1, 0.15) is 17.5 Å². The lowest BCUT2D eigenvalue weighted by Crippen LogP contribution is -2.57. The highest BCUT2D eigenvalue weighted by Crippen LogP contribution is 2.31. The lowest BCUT2D eigenvalue weighted by Gasteiger charge is -2.47. The molecule has 0 spiro atoms. The van der Waals surface area contributed by atoms with E-state index in [-0.39, 0.29) is 11.2 Å². The van der Waals surface area contributed by atoms with Gasteiger partial charge in [-0.2, -0.15) is 0 Å². The van der Waals surface area contributed by atoms with Crippen LogP contribution in [0.4, 0.5) is 11.6 Å². The molecule has 2 heterocycles. The summed E-state index contributed by atoms with van der Waals surface area (Å²) in [6.07, 6.45) is 0.787. The molecule has 0 amide bonds. The highest BCUT2D eigenvalue weighted by Gasteiger charge is 2.38. The highest BCUT2D eigenvalue weighted by atomic mass is 16.5. The van der Waals surface area contributed by atoms with Crippen molar-refractivity contribution in [1.82, 2.24) is 9.97 Å². The molecule has 1 saturated heterocycles. The molecular weight excluding hydrogens is 240 g/mol. The number of rotatable bonds is 2. The number of aromatic nitrogens is 2. The number of aryl methyl sites for hydroxylation is 1. The first-order valence-corrected chi connectivity index (χ1v) is 6.79. The first-order chi connectivity index (χ1) is 8.71. The fraction of sp³-hybridized carbons (Fsp3) is 0.714. The molecule has 106 valence electrons. The third-order valence-electron chi connectivity index (χ3n) is 3.11. The van der Waals surface area contributed by atoms with Gasteiger partial charge in [0.25, 0.3) is 0 Å². The van der Waals surface area contributed by atoms with E-state index in [0.717, 1.165) is 31.2 Å². The van der Waals surface area contributed by atoms with E-state index >= 15 is 0 Å². The van der Waals surface area contributed by atoms with Gasteiger partial charge in [-0.1, -0.05) is 6.92 Å². The molecule has 19 heavy (non-hydrogen) atoms. The number of nitrogen functional groups attached to an aromatic ring is 1. The van der Waals surface area contributed by atoms with Crippen molar-refractivity contribution < 1.29 is 4.74 Å². The van der Waals surface area contributed by atoms with Crippen LogP contribution in [0.25, 0.3) is 0 Å². The molecule has 0 atom stereocenters. The molecule has 0 aromatic carbocycles. The molecule has 2 N–H and O–H groups in total. The number of nitrogens with zero attached hydrogens (tertiary/aromatic N) is 3. The van der Waals surface area contributed by atoms with E-state index in [2.05, 4.69) is 42.6 Å². The summed E-state index contributed by atoms with van der Waals surface area (Å²) in [5, 5.41) is 0. The summed E-state index contributed by atoms with van der Waals surface area (Å²) < 4.78 is 6.08. The Balaban J connectivity index is 2.33. The van der Waals surface area contributed by atoms with Crippen LogP contribution < -0.4 is 10.6 Å². The van der Waals surface area contributed by atoms with Gasteiger partial charge in [0.2, 0.25) is 0 Å². The van der Waals surface area contributed by atoms with Gasteiger partial charge in [0.05, 0.1) is 11.2 Å². The Morgan fingerprint density at radius 1 is 1.21 bits per heavy atom. The van der Waals surface area contributed by atoms with Crippen LogP contribution >= 0.6 is 0 Å². The van der Waals surface area contributed by atoms with E-state index in [0.29, 0.717) is 5.82 Å². The zero-order valence-electron chi connectivity index (χ0n) is 12.5. The van der Waals surface area contributed by atoms with Crippen molar-refractivity contribution in [3.63, 3.8) is 0 Å².